The highest BCUT2D eigenvalue weighted by Crippen LogP contribution is 2.48. The Labute approximate surface area is 142 Å². The Morgan fingerprint density at radius 2 is 1.91 bits per heavy atom. The average Bonchev–Trinajstić information content (AvgIpc) is 2.50. The number of Topliss-reactive ketones (excluding diaryl/α,β-unsaturated/α-hetero) is 1. The van der Waals surface area contributed by atoms with E-state index in [2.05, 4.69) is 4.98 Å². The zero-order valence-corrected chi connectivity index (χ0v) is 14.1. The van der Waals surface area contributed by atoms with Gasteiger partial charge in [-0.3, -0.25) is 9.78 Å². The van der Waals surface area contributed by atoms with E-state index in [9.17, 15) is 4.79 Å². The van der Waals surface area contributed by atoms with Gasteiger partial charge in [-0.1, -0.05) is 11.6 Å². The van der Waals surface area contributed by atoms with Crippen molar-refractivity contribution in [2.75, 3.05) is 12.2 Å². The van der Waals surface area contributed by atoms with E-state index in [0.717, 1.165) is 14.9 Å². The number of hydrogen-bond acceptors (Lipinski definition) is 5. The fourth-order valence-corrected chi connectivity index (χ4v) is 3.98. The number of benzene rings is 1. The molecule has 0 spiro atoms. The first-order valence-corrected chi connectivity index (χ1v) is 8.84. The number of methoxy groups -OCH3 is 1. The average molecular weight is 350 g/mol. The molecule has 3 nitrogen and oxygen atoms in total. The predicted molar refractivity (Wildman–Crippen MR) is 93.5 cm³/mol. The number of carbonyl (C=O) groups excluding carboxylic acids is 1. The Morgan fingerprint density at radius 1 is 1.18 bits per heavy atom. The summed E-state index contributed by atoms with van der Waals surface area (Å²) in [5, 5.41) is 1.40. The summed E-state index contributed by atoms with van der Waals surface area (Å²) in [4.78, 5) is 16.9. The van der Waals surface area contributed by atoms with Gasteiger partial charge in [0.05, 0.1) is 16.4 Å². The highest BCUT2D eigenvalue weighted by atomic mass is 35.5. The fraction of sp³-hybridized carbons (Fsp3) is 0.125. The Balaban J connectivity index is 2.03. The lowest BCUT2D eigenvalue weighted by molar-refractivity contribution is 0.105. The Morgan fingerprint density at radius 3 is 2.45 bits per heavy atom. The van der Waals surface area contributed by atoms with Crippen molar-refractivity contribution in [3.8, 4) is 5.75 Å². The van der Waals surface area contributed by atoms with E-state index in [1.807, 2.05) is 12.1 Å². The summed E-state index contributed by atoms with van der Waals surface area (Å²) in [6, 6.07) is 8.81. The largest absolute Gasteiger partial charge is 0.495 e. The third kappa shape index (κ3) is 3.02. The number of thioether (sulfide) groups is 2. The number of rotatable bonds is 4. The number of halogens is 1. The van der Waals surface area contributed by atoms with Crippen LogP contribution in [0.25, 0.3) is 5.57 Å². The predicted octanol–water partition coefficient (Wildman–Crippen LogP) is 4.73. The second-order valence-electron chi connectivity index (χ2n) is 4.48. The number of allylic oxidation sites excluding steroid dienone is 1. The molecule has 1 aromatic carbocycles. The second-order valence-corrected chi connectivity index (χ2v) is 7.49. The van der Waals surface area contributed by atoms with Crippen molar-refractivity contribution in [1.29, 1.82) is 0 Å². The molecular formula is C16H12ClNO2S2. The minimum absolute atomic E-state index is 0.0366. The van der Waals surface area contributed by atoms with Crippen molar-refractivity contribution in [2.45, 2.75) is 0 Å². The number of ether oxygens (including phenoxy) is 1. The van der Waals surface area contributed by atoms with Crippen molar-refractivity contribution in [2.24, 2.45) is 0 Å². The number of pyridine rings is 1. The smallest absolute Gasteiger partial charge is 0.195 e. The van der Waals surface area contributed by atoms with Crippen LogP contribution in [0.2, 0.25) is 5.02 Å². The number of nitrogens with zero attached hydrogens (tertiary/aromatic N) is 1. The van der Waals surface area contributed by atoms with Crippen LogP contribution < -0.4 is 4.74 Å². The lowest BCUT2D eigenvalue weighted by Crippen LogP contribution is -2.07. The molecule has 0 unspecified atom stereocenters. The molecule has 1 aliphatic heterocycles. The summed E-state index contributed by atoms with van der Waals surface area (Å²) < 4.78 is 6.18. The summed E-state index contributed by atoms with van der Waals surface area (Å²) in [5.41, 5.74) is 2.14. The molecule has 1 fully saturated rings. The van der Waals surface area contributed by atoms with Crippen LogP contribution >= 0.6 is 35.1 Å². The van der Waals surface area contributed by atoms with E-state index >= 15 is 0 Å². The maximum absolute atomic E-state index is 12.9. The first kappa shape index (κ1) is 15.5. The van der Waals surface area contributed by atoms with Gasteiger partial charge in [-0.15, -0.1) is 23.5 Å². The monoisotopic (exact) mass is 349 g/mol. The molecule has 0 N–H and O–H groups in total. The van der Waals surface area contributed by atoms with Gasteiger partial charge in [0, 0.05) is 28.6 Å². The van der Waals surface area contributed by atoms with E-state index in [4.69, 9.17) is 16.3 Å². The Kier molecular flexibility index (Phi) is 4.76. The van der Waals surface area contributed by atoms with Crippen LogP contribution in [-0.2, 0) is 0 Å². The number of aromatic nitrogens is 1. The molecule has 1 aromatic heterocycles. The van der Waals surface area contributed by atoms with Crippen molar-refractivity contribution in [3.63, 3.8) is 0 Å². The first-order chi connectivity index (χ1) is 10.7. The molecular weight excluding hydrogens is 338 g/mol. The lowest BCUT2D eigenvalue weighted by atomic mass is 9.99. The SMILES string of the molecule is COc1ccc(C(=O)C(=C2SCS2)c2ccncc2)cc1Cl. The van der Waals surface area contributed by atoms with Crippen molar-refractivity contribution in [3.05, 3.63) is 63.1 Å². The zero-order valence-electron chi connectivity index (χ0n) is 11.7. The number of carbonyl (C=O) groups is 1. The normalized spacial score (nSPS) is 13.5. The number of ketones is 1. The van der Waals surface area contributed by atoms with Crippen molar-refractivity contribution in [1.82, 2.24) is 4.98 Å². The summed E-state index contributed by atoms with van der Waals surface area (Å²) in [6.07, 6.45) is 3.39. The van der Waals surface area contributed by atoms with Crippen LogP contribution in [0.1, 0.15) is 15.9 Å². The van der Waals surface area contributed by atoms with Crippen LogP contribution in [0.4, 0.5) is 0 Å². The van der Waals surface area contributed by atoms with Gasteiger partial charge in [0.25, 0.3) is 0 Å². The van der Waals surface area contributed by atoms with Crippen molar-refractivity contribution < 1.29 is 9.53 Å². The molecule has 1 aliphatic rings. The zero-order chi connectivity index (χ0) is 15.5. The van der Waals surface area contributed by atoms with Crippen LogP contribution in [0.5, 0.6) is 5.75 Å². The van der Waals surface area contributed by atoms with Gasteiger partial charge in [0.1, 0.15) is 5.75 Å². The minimum Gasteiger partial charge on any atom is -0.495 e. The lowest BCUT2D eigenvalue weighted by Gasteiger charge is -2.20. The topological polar surface area (TPSA) is 39.2 Å². The van der Waals surface area contributed by atoms with Crippen LogP contribution in [0.3, 0.4) is 0 Å². The molecule has 6 heteroatoms. The van der Waals surface area contributed by atoms with Gasteiger partial charge < -0.3 is 4.74 Å². The molecule has 3 rings (SSSR count). The van der Waals surface area contributed by atoms with E-state index in [-0.39, 0.29) is 5.78 Å². The molecule has 0 radical (unpaired) electrons. The van der Waals surface area contributed by atoms with Gasteiger partial charge in [-0.05, 0) is 35.9 Å². The number of hydrogen-bond donors (Lipinski definition) is 0. The first-order valence-electron chi connectivity index (χ1n) is 6.49. The molecule has 2 aromatic rings. The summed E-state index contributed by atoms with van der Waals surface area (Å²) in [6.45, 7) is 0. The second kappa shape index (κ2) is 6.77. The van der Waals surface area contributed by atoms with Gasteiger partial charge in [0.2, 0.25) is 0 Å². The maximum atomic E-state index is 12.9. The standard InChI is InChI=1S/C16H12ClNO2S2/c1-20-13-3-2-11(8-12(13)17)15(19)14(16-21-9-22-16)10-4-6-18-7-5-10/h2-8H,9H2,1H3. The quantitative estimate of drug-likeness (QED) is 0.589. The molecule has 1 saturated heterocycles. The Bertz CT molecular complexity index is 741. The molecule has 22 heavy (non-hydrogen) atoms. The van der Waals surface area contributed by atoms with E-state index in [1.165, 1.54) is 0 Å². The molecule has 0 amide bonds. The third-order valence-electron chi connectivity index (χ3n) is 3.19. The van der Waals surface area contributed by atoms with Crippen LogP contribution in [0.15, 0.2) is 47.0 Å². The molecule has 0 atom stereocenters. The third-order valence-corrected chi connectivity index (χ3v) is 6.07. The molecule has 112 valence electrons. The van der Waals surface area contributed by atoms with Crippen molar-refractivity contribution >= 4 is 46.5 Å². The van der Waals surface area contributed by atoms with E-state index < -0.39 is 0 Å². The van der Waals surface area contributed by atoms with Crippen LogP contribution in [-0.4, -0.2) is 23.0 Å². The molecule has 2 heterocycles. The van der Waals surface area contributed by atoms with Gasteiger partial charge in [0.15, 0.2) is 5.78 Å². The highest BCUT2D eigenvalue weighted by Gasteiger charge is 2.24. The van der Waals surface area contributed by atoms with Gasteiger partial charge in [-0.2, -0.15) is 0 Å². The summed E-state index contributed by atoms with van der Waals surface area (Å²) in [7, 11) is 1.55. The Hall–Kier alpha value is -1.43. The molecule has 0 aliphatic carbocycles. The maximum Gasteiger partial charge on any atom is 0.195 e. The van der Waals surface area contributed by atoms with Crippen LogP contribution in [0, 0.1) is 0 Å². The van der Waals surface area contributed by atoms with E-state index in [1.54, 1.807) is 61.2 Å². The highest BCUT2D eigenvalue weighted by molar-refractivity contribution is 8.37. The molecule has 0 bridgehead atoms. The van der Waals surface area contributed by atoms with Gasteiger partial charge >= 0.3 is 0 Å². The summed E-state index contributed by atoms with van der Waals surface area (Å²) in [5.74, 6) is 0.522. The fourth-order valence-electron chi connectivity index (χ4n) is 2.07. The minimum atomic E-state index is -0.0366. The van der Waals surface area contributed by atoms with Gasteiger partial charge in [-0.25, -0.2) is 0 Å². The summed E-state index contributed by atoms with van der Waals surface area (Å²) >= 11 is 9.51. The molecule has 0 saturated carbocycles. The van der Waals surface area contributed by atoms with E-state index in [0.29, 0.717) is 21.9 Å².